The third-order valence-electron chi connectivity index (χ3n) is 4.61. The van der Waals surface area contributed by atoms with Crippen LogP contribution in [0.15, 0.2) is 46.9 Å². The van der Waals surface area contributed by atoms with Crippen LogP contribution in [0, 0.1) is 0 Å². The average Bonchev–Trinajstić information content (AvgIpc) is 3.08. The van der Waals surface area contributed by atoms with Crippen LogP contribution in [0.1, 0.15) is 35.0 Å². The van der Waals surface area contributed by atoms with Crippen LogP contribution >= 0.6 is 23.2 Å². The summed E-state index contributed by atoms with van der Waals surface area (Å²) in [6.45, 7) is 1.34. The summed E-state index contributed by atoms with van der Waals surface area (Å²) >= 11 is 11.9. The fourth-order valence-corrected chi connectivity index (χ4v) is 3.50. The maximum atomic E-state index is 12.6. The van der Waals surface area contributed by atoms with Crippen molar-refractivity contribution in [3.63, 3.8) is 0 Å². The largest absolute Gasteiger partial charge is 0.440 e. The molecule has 0 aliphatic carbocycles. The molecule has 1 aliphatic rings. The first kappa shape index (κ1) is 16.4. The van der Waals surface area contributed by atoms with Gasteiger partial charge in [-0.15, -0.1) is 0 Å². The molecule has 3 aromatic rings. The van der Waals surface area contributed by atoms with E-state index in [1.54, 1.807) is 18.2 Å². The number of hydrogen-bond acceptors (Lipinski definition) is 3. The van der Waals surface area contributed by atoms with Crippen molar-refractivity contribution in [3.05, 3.63) is 64.0 Å². The van der Waals surface area contributed by atoms with Gasteiger partial charge in [-0.05, 0) is 43.2 Å². The van der Waals surface area contributed by atoms with Crippen LogP contribution in [0.5, 0.6) is 0 Å². The Labute approximate surface area is 155 Å². The lowest BCUT2D eigenvalue weighted by atomic mass is 9.96. The molecule has 0 unspecified atom stereocenters. The molecule has 0 bridgehead atoms. The van der Waals surface area contributed by atoms with Gasteiger partial charge in [-0.25, -0.2) is 4.98 Å². The fourth-order valence-electron chi connectivity index (χ4n) is 3.21. The van der Waals surface area contributed by atoms with E-state index < -0.39 is 0 Å². The third-order valence-corrected chi connectivity index (χ3v) is 5.35. The Bertz CT molecular complexity index is 897. The lowest BCUT2D eigenvalue weighted by Gasteiger charge is -2.30. The van der Waals surface area contributed by atoms with Gasteiger partial charge in [0.15, 0.2) is 11.5 Å². The second-order valence-corrected chi connectivity index (χ2v) is 7.03. The molecule has 6 heteroatoms. The second kappa shape index (κ2) is 6.70. The smallest absolute Gasteiger partial charge is 0.253 e. The summed E-state index contributed by atoms with van der Waals surface area (Å²) in [4.78, 5) is 19.1. The van der Waals surface area contributed by atoms with Crippen molar-refractivity contribution in [2.45, 2.75) is 18.8 Å². The minimum atomic E-state index is -0.0189. The van der Waals surface area contributed by atoms with Crippen LogP contribution in [-0.4, -0.2) is 28.9 Å². The lowest BCUT2D eigenvalue weighted by Crippen LogP contribution is -2.38. The van der Waals surface area contributed by atoms with Crippen molar-refractivity contribution >= 4 is 40.2 Å². The number of carbonyl (C=O) groups excluding carboxylic acids is 1. The second-order valence-electron chi connectivity index (χ2n) is 6.22. The summed E-state index contributed by atoms with van der Waals surface area (Å²) in [5.41, 5.74) is 2.26. The molecule has 4 rings (SSSR count). The molecule has 0 spiro atoms. The first-order valence-corrected chi connectivity index (χ1v) is 8.97. The zero-order chi connectivity index (χ0) is 17.4. The van der Waals surface area contributed by atoms with Gasteiger partial charge in [-0.2, -0.15) is 0 Å². The van der Waals surface area contributed by atoms with Crippen LogP contribution in [0.25, 0.3) is 11.1 Å². The Morgan fingerprint density at radius 2 is 1.84 bits per heavy atom. The van der Waals surface area contributed by atoms with E-state index in [1.807, 2.05) is 29.2 Å². The molecule has 25 heavy (non-hydrogen) atoms. The Morgan fingerprint density at radius 1 is 1.08 bits per heavy atom. The maximum Gasteiger partial charge on any atom is 0.253 e. The van der Waals surface area contributed by atoms with Crippen molar-refractivity contribution in [1.82, 2.24) is 9.88 Å². The highest BCUT2D eigenvalue weighted by Crippen LogP contribution is 2.31. The van der Waals surface area contributed by atoms with E-state index >= 15 is 0 Å². The molecule has 128 valence electrons. The predicted molar refractivity (Wildman–Crippen MR) is 98.3 cm³/mol. The summed E-state index contributed by atoms with van der Waals surface area (Å²) in [7, 11) is 0. The van der Waals surface area contributed by atoms with Crippen molar-refractivity contribution < 1.29 is 9.21 Å². The minimum Gasteiger partial charge on any atom is -0.440 e. The number of halogens is 2. The summed E-state index contributed by atoms with van der Waals surface area (Å²) in [6.07, 6.45) is 1.67. The summed E-state index contributed by atoms with van der Waals surface area (Å²) in [6, 6.07) is 12.8. The third kappa shape index (κ3) is 3.24. The SMILES string of the molecule is O=C(c1ccc(Cl)c(Cl)c1)N1CCC(c2nc3ccccc3o2)CC1. The Hall–Kier alpha value is -2.04. The van der Waals surface area contributed by atoms with E-state index in [9.17, 15) is 4.79 Å². The number of rotatable bonds is 2. The van der Waals surface area contributed by atoms with E-state index in [0.29, 0.717) is 28.7 Å². The van der Waals surface area contributed by atoms with Crippen molar-refractivity contribution in [2.24, 2.45) is 0 Å². The van der Waals surface area contributed by atoms with E-state index in [4.69, 9.17) is 27.6 Å². The predicted octanol–water partition coefficient (Wildman–Crippen LogP) is 5.15. The standard InChI is InChI=1S/C19H16Cl2N2O2/c20-14-6-5-13(11-15(14)21)19(24)23-9-7-12(8-10-23)18-22-16-3-1-2-4-17(16)25-18/h1-6,11-12H,7-10H2. The number of aromatic nitrogens is 1. The molecule has 0 atom stereocenters. The van der Waals surface area contributed by atoms with Crippen LogP contribution in [-0.2, 0) is 0 Å². The van der Waals surface area contributed by atoms with E-state index in [-0.39, 0.29) is 11.8 Å². The zero-order valence-electron chi connectivity index (χ0n) is 13.4. The Balaban J connectivity index is 1.45. The quantitative estimate of drug-likeness (QED) is 0.622. The average molecular weight is 375 g/mol. The van der Waals surface area contributed by atoms with Gasteiger partial charge in [0.1, 0.15) is 5.52 Å². The monoisotopic (exact) mass is 374 g/mol. The summed E-state index contributed by atoms with van der Waals surface area (Å²) in [5, 5.41) is 0.849. The van der Waals surface area contributed by atoms with Gasteiger partial charge >= 0.3 is 0 Å². The highest BCUT2D eigenvalue weighted by atomic mass is 35.5. The molecular weight excluding hydrogens is 359 g/mol. The van der Waals surface area contributed by atoms with Gasteiger partial charge in [0.2, 0.25) is 0 Å². The Kier molecular flexibility index (Phi) is 4.40. The molecule has 1 aromatic heterocycles. The lowest BCUT2D eigenvalue weighted by molar-refractivity contribution is 0.0706. The number of carbonyl (C=O) groups is 1. The van der Waals surface area contributed by atoms with Gasteiger partial charge in [-0.1, -0.05) is 35.3 Å². The number of nitrogens with zero attached hydrogens (tertiary/aromatic N) is 2. The molecule has 1 fully saturated rings. The molecule has 2 heterocycles. The van der Waals surface area contributed by atoms with Gasteiger partial charge in [0.05, 0.1) is 10.0 Å². The number of piperidine rings is 1. The number of hydrogen-bond donors (Lipinski definition) is 0. The van der Waals surface area contributed by atoms with E-state index in [2.05, 4.69) is 4.98 Å². The number of fused-ring (bicyclic) bond motifs is 1. The van der Waals surface area contributed by atoms with Gasteiger partial charge in [0.25, 0.3) is 5.91 Å². The molecule has 4 nitrogen and oxygen atoms in total. The molecule has 1 aliphatic heterocycles. The molecular formula is C19H16Cl2N2O2. The summed E-state index contributed by atoms with van der Waals surface area (Å²) < 4.78 is 5.87. The van der Waals surface area contributed by atoms with E-state index in [1.165, 1.54) is 0 Å². The topological polar surface area (TPSA) is 46.3 Å². The number of amides is 1. The molecule has 0 radical (unpaired) electrons. The normalized spacial score (nSPS) is 15.7. The first-order valence-electron chi connectivity index (χ1n) is 8.21. The van der Waals surface area contributed by atoms with Crippen LogP contribution < -0.4 is 0 Å². The molecule has 1 saturated heterocycles. The molecule has 2 aromatic carbocycles. The van der Waals surface area contributed by atoms with Crippen LogP contribution in [0.2, 0.25) is 10.0 Å². The fraction of sp³-hybridized carbons (Fsp3) is 0.263. The van der Waals surface area contributed by atoms with Crippen molar-refractivity contribution in [2.75, 3.05) is 13.1 Å². The van der Waals surface area contributed by atoms with Crippen molar-refractivity contribution in [1.29, 1.82) is 0 Å². The number of para-hydroxylation sites is 2. The minimum absolute atomic E-state index is 0.0189. The maximum absolute atomic E-state index is 12.6. The molecule has 0 N–H and O–H groups in total. The molecule has 0 saturated carbocycles. The van der Waals surface area contributed by atoms with Gasteiger partial charge in [0, 0.05) is 24.6 Å². The molecule has 1 amide bonds. The summed E-state index contributed by atoms with van der Waals surface area (Å²) in [5.74, 6) is 0.989. The number of likely N-dealkylation sites (tertiary alicyclic amines) is 1. The van der Waals surface area contributed by atoms with Gasteiger partial charge < -0.3 is 9.32 Å². The first-order chi connectivity index (χ1) is 12.1. The van der Waals surface area contributed by atoms with Gasteiger partial charge in [-0.3, -0.25) is 4.79 Å². The Morgan fingerprint density at radius 3 is 2.56 bits per heavy atom. The van der Waals surface area contributed by atoms with Crippen LogP contribution in [0.4, 0.5) is 0 Å². The van der Waals surface area contributed by atoms with Crippen molar-refractivity contribution in [3.8, 4) is 0 Å². The zero-order valence-corrected chi connectivity index (χ0v) is 14.9. The highest BCUT2D eigenvalue weighted by Gasteiger charge is 2.27. The number of benzene rings is 2. The highest BCUT2D eigenvalue weighted by molar-refractivity contribution is 6.42. The number of oxazole rings is 1. The van der Waals surface area contributed by atoms with Crippen LogP contribution in [0.3, 0.4) is 0 Å². The van der Waals surface area contributed by atoms with E-state index in [0.717, 1.165) is 29.8 Å².